The Balaban J connectivity index is 1.45. The second kappa shape index (κ2) is 9.08. The number of halogens is 1. The van der Waals surface area contributed by atoms with Gasteiger partial charge in [0, 0.05) is 31.4 Å². The summed E-state index contributed by atoms with van der Waals surface area (Å²) < 4.78 is 46.1. The molecule has 4 rings (SSSR count). The number of benzene rings is 1. The minimum absolute atomic E-state index is 0.115. The van der Waals surface area contributed by atoms with Gasteiger partial charge in [0.25, 0.3) is 0 Å². The summed E-state index contributed by atoms with van der Waals surface area (Å²) in [5, 5.41) is 6.69. The molecular weight excluding hydrogens is 455 g/mol. The lowest BCUT2D eigenvalue weighted by Crippen LogP contribution is -2.45. The molecule has 0 unspecified atom stereocenters. The summed E-state index contributed by atoms with van der Waals surface area (Å²) >= 11 is 1.29. The minimum Gasteiger partial charge on any atom is -0.352 e. The van der Waals surface area contributed by atoms with Crippen molar-refractivity contribution in [1.82, 2.24) is 19.8 Å². The molecule has 1 aliphatic heterocycles. The van der Waals surface area contributed by atoms with Gasteiger partial charge in [0.2, 0.25) is 27.6 Å². The number of aromatic nitrogens is 2. The molecule has 1 saturated heterocycles. The summed E-state index contributed by atoms with van der Waals surface area (Å²) in [6.07, 6.45) is 1.20. The Morgan fingerprint density at radius 2 is 2.06 bits per heavy atom. The fourth-order valence-electron chi connectivity index (χ4n) is 3.68. The first-order chi connectivity index (χ1) is 15.2. The smallest absolute Gasteiger partial charge is 0.244 e. The number of hydrogen-bond acceptors (Lipinski definition) is 7. The number of carbonyl (C=O) groups excluding carboxylic acids is 1. The number of sulfonamides is 1. The van der Waals surface area contributed by atoms with Crippen molar-refractivity contribution in [2.45, 2.75) is 38.1 Å². The number of rotatable bonds is 6. The first-order valence-corrected chi connectivity index (χ1v) is 12.4. The molecule has 1 atom stereocenters. The largest absolute Gasteiger partial charge is 0.352 e. The number of nitrogens with zero attached hydrogens (tertiary/aromatic N) is 3. The number of thiophene rings is 1. The van der Waals surface area contributed by atoms with Crippen LogP contribution in [0.25, 0.3) is 10.7 Å². The number of nitrogens with one attached hydrogen (secondary N) is 1. The quantitative estimate of drug-likeness (QED) is 0.583. The normalized spacial score (nSPS) is 17.4. The third-order valence-electron chi connectivity index (χ3n) is 5.37. The van der Waals surface area contributed by atoms with Crippen molar-refractivity contribution in [3.05, 3.63) is 52.5 Å². The summed E-state index contributed by atoms with van der Waals surface area (Å²) in [6, 6.07) is 7.45. The van der Waals surface area contributed by atoms with Crippen LogP contribution in [0.15, 0.2) is 39.8 Å². The fraction of sp³-hybridized carbons (Fsp3) is 0.381. The molecule has 170 valence electrons. The van der Waals surface area contributed by atoms with E-state index < -0.39 is 15.9 Å². The molecule has 0 aliphatic carbocycles. The lowest BCUT2D eigenvalue weighted by molar-refractivity contribution is -0.126. The molecule has 1 fully saturated rings. The van der Waals surface area contributed by atoms with Crippen molar-refractivity contribution in [1.29, 1.82) is 0 Å². The Bertz CT molecular complexity index is 1220. The lowest BCUT2D eigenvalue weighted by Gasteiger charge is -2.31. The van der Waals surface area contributed by atoms with E-state index in [9.17, 15) is 17.6 Å². The molecule has 32 heavy (non-hydrogen) atoms. The monoisotopic (exact) mass is 478 g/mol. The Morgan fingerprint density at radius 1 is 1.31 bits per heavy atom. The van der Waals surface area contributed by atoms with E-state index in [4.69, 9.17) is 4.52 Å². The summed E-state index contributed by atoms with van der Waals surface area (Å²) in [6.45, 7) is 4.15. The van der Waals surface area contributed by atoms with Crippen LogP contribution in [0.5, 0.6) is 0 Å². The second-order valence-corrected chi connectivity index (χ2v) is 10.9. The SMILES string of the molecule is Cc1nc(-c2cc(S(=O)(=O)N3CCC[C@@H](C(=O)NCc4ccc(F)cc4)C3)c(C)s2)no1. The molecule has 1 N–H and O–H groups in total. The Morgan fingerprint density at radius 3 is 2.75 bits per heavy atom. The van der Waals surface area contributed by atoms with Gasteiger partial charge in [-0.3, -0.25) is 4.79 Å². The van der Waals surface area contributed by atoms with E-state index in [0.29, 0.717) is 40.9 Å². The van der Waals surface area contributed by atoms with Gasteiger partial charge in [-0.25, -0.2) is 12.8 Å². The van der Waals surface area contributed by atoms with Crippen LogP contribution in [0.2, 0.25) is 0 Å². The van der Waals surface area contributed by atoms with Crippen LogP contribution in [-0.2, 0) is 21.4 Å². The van der Waals surface area contributed by atoms with Crippen LogP contribution in [0.4, 0.5) is 4.39 Å². The number of amides is 1. The van der Waals surface area contributed by atoms with Crippen LogP contribution < -0.4 is 5.32 Å². The van der Waals surface area contributed by atoms with Gasteiger partial charge in [-0.1, -0.05) is 17.3 Å². The van der Waals surface area contributed by atoms with Gasteiger partial charge in [-0.05, 0) is 43.5 Å². The topological polar surface area (TPSA) is 105 Å². The number of aryl methyl sites for hydroxylation is 2. The van der Waals surface area contributed by atoms with Crippen molar-refractivity contribution in [3.8, 4) is 10.7 Å². The average Bonchev–Trinajstić information content (AvgIpc) is 3.39. The maximum atomic E-state index is 13.3. The number of hydrogen-bond donors (Lipinski definition) is 1. The molecule has 8 nitrogen and oxygen atoms in total. The summed E-state index contributed by atoms with van der Waals surface area (Å²) in [5.41, 5.74) is 0.776. The molecule has 11 heteroatoms. The minimum atomic E-state index is -3.78. The zero-order chi connectivity index (χ0) is 22.9. The maximum Gasteiger partial charge on any atom is 0.244 e. The van der Waals surface area contributed by atoms with Crippen LogP contribution in [0.3, 0.4) is 0 Å². The van der Waals surface area contributed by atoms with E-state index >= 15 is 0 Å². The fourth-order valence-corrected chi connectivity index (χ4v) is 6.69. The number of carbonyl (C=O) groups is 1. The standard InChI is InChI=1S/C21H23FN4O4S2/c1-13-19(10-18(31-13)20-24-14(2)30-25-20)32(28,29)26-9-3-4-16(12-26)21(27)23-11-15-5-7-17(22)8-6-15/h5-8,10,16H,3-4,9,11-12H2,1-2H3,(H,23,27)/t16-/m1/s1. The molecule has 1 aromatic carbocycles. The van der Waals surface area contributed by atoms with Crippen LogP contribution in [0, 0.1) is 25.6 Å². The molecular formula is C21H23FN4O4S2. The second-order valence-electron chi connectivity index (χ2n) is 7.71. The highest BCUT2D eigenvalue weighted by Crippen LogP contribution is 2.34. The van der Waals surface area contributed by atoms with E-state index in [-0.39, 0.29) is 29.7 Å². The van der Waals surface area contributed by atoms with Crippen LogP contribution in [0.1, 0.15) is 29.2 Å². The zero-order valence-corrected chi connectivity index (χ0v) is 19.3. The zero-order valence-electron chi connectivity index (χ0n) is 17.7. The predicted octanol–water partition coefficient (Wildman–Crippen LogP) is 3.27. The summed E-state index contributed by atoms with van der Waals surface area (Å²) in [4.78, 5) is 18.3. The Hall–Kier alpha value is -2.63. The first kappa shape index (κ1) is 22.6. The van der Waals surface area contributed by atoms with Gasteiger partial charge < -0.3 is 9.84 Å². The molecule has 1 aliphatic rings. The molecule has 0 bridgehead atoms. The third-order valence-corrected chi connectivity index (χ3v) is 8.54. The Kier molecular flexibility index (Phi) is 6.40. The van der Waals surface area contributed by atoms with E-state index in [1.54, 1.807) is 32.0 Å². The van der Waals surface area contributed by atoms with Crippen molar-refractivity contribution in [2.24, 2.45) is 5.92 Å². The van der Waals surface area contributed by atoms with Crippen LogP contribution >= 0.6 is 11.3 Å². The Labute approximate surface area is 189 Å². The van der Waals surface area contributed by atoms with Crippen molar-refractivity contribution < 1.29 is 22.1 Å². The van der Waals surface area contributed by atoms with Gasteiger partial charge >= 0.3 is 0 Å². The van der Waals surface area contributed by atoms with Gasteiger partial charge in [-0.2, -0.15) is 9.29 Å². The average molecular weight is 479 g/mol. The first-order valence-electron chi connectivity index (χ1n) is 10.2. The van der Waals surface area contributed by atoms with Gasteiger partial charge in [0.05, 0.1) is 15.7 Å². The third kappa shape index (κ3) is 4.74. The summed E-state index contributed by atoms with van der Waals surface area (Å²) in [7, 11) is -3.78. The van der Waals surface area contributed by atoms with Crippen LogP contribution in [-0.4, -0.2) is 41.9 Å². The highest BCUT2D eigenvalue weighted by molar-refractivity contribution is 7.89. The van der Waals surface area contributed by atoms with E-state index in [1.807, 2.05) is 0 Å². The van der Waals surface area contributed by atoms with Crippen molar-refractivity contribution >= 4 is 27.3 Å². The van der Waals surface area contributed by atoms with E-state index in [0.717, 1.165) is 5.56 Å². The predicted molar refractivity (Wildman–Crippen MR) is 117 cm³/mol. The van der Waals surface area contributed by atoms with Gasteiger partial charge in [0.1, 0.15) is 5.82 Å². The molecule has 2 aromatic heterocycles. The number of piperidine rings is 1. The molecule has 3 heterocycles. The molecule has 0 saturated carbocycles. The van der Waals surface area contributed by atoms with Crippen molar-refractivity contribution in [2.75, 3.05) is 13.1 Å². The van der Waals surface area contributed by atoms with Gasteiger partial charge in [-0.15, -0.1) is 11.3 Å². The molecule has 0 radical (unpaired) electrons. The lowest BCUT2D eigenvalue weighted by atomic mass is 9.99. The maximum absolute atomic E-state index is 13.3. The van der Waals surface area contributed by atoms with E-state index in [2.05, 4.69) is 15.5 Å². The molecule has 1 amide bonds. The van der Waals surface area contributed by atoms with Gasteiger partial charge in [0.15, 0.2) is 0 Å². The summed E-state index contributed by atoms with van der Waals surface area (Å²) in [5.74, 6) is -0.235. The molecule has 0 spiro atoms. The highest BCUT2D eigenvalue weighted by Gasteiger charge is 2.35. The van der Waals surface area contributed by atoms with Crippen molar-refractivity contribution in [3.63, 3.8) is 0 Å². The highest BCUT2D eigenvalue weighted by atomic mass is 32.2. The molecule has 3 aromatic rings. The van der Waals surface area contributed by atoms with E-state index in [1.165, 1.54) is 27.8 Å².